The van der Waals surface area contributed by atoms with Gasteiger partial charge in [0.05, 0.1) is 25.5 Å². The summed E-state index contributed by atoms with van der Waals surface area (Å²) in [5.74, 6) is -0.673. The summed E-state index contributed by atoms with van der Waals surface area (Å²) in [6, 6.07) is 1.67. The fourth-order valence-electron chi connectivity index (χ4n) is 3.70. The van der Waals surface area contributed by atoms with Gasteiger partial charge in [0.2, 0.25) is 5.82 Å². The van der Waals surface area contributed by atoms with E-state index in [0.29, 0.717) is 32.2 Å². The molecule has 0 aliphatic carbocycles. The van der Waals surface area contributed by atoms with Gasteiger partial charge in [-0.2, -0.15) is 18.3 Å². The van der Waals surface area contributed by atoms with Crippen LogP contribution >= 0.6 is 11.6 Å². The number of anilines is 1. The van der Waals surface area contributed by atoms with Crippen molar-refractivity contribution in [2.45, 2.75) is 37.9 Å². The Bertz CT molecular complexity index is 828. The molecule has 2 aromatic rings. The first-order chi connectivity index (χ1) is 12.8. The monoisotopic (exact) mass is 401 g/mol. The third-order valence-electron chi connectivity index (χ3n) is 5.13. The fraction of sp³-hybridized carbons (Fsp3) is 0.588. The van der Waals surface area contributed by atoms with Gasteiger partial charge < -0.3 is 9.64 Å². The molecule has 2 saturated heterocycles. The van der Waals surface area contributed by atoms with Crippen molar-refractivity contribution in [1.82, 2.24) is 19.7 Å². The van der Waals surface area contributed by atoms with Crippen LogP contribution in [0.15, 0.2) is 12.3 Å². The van der Waals surface area contributed by atoms with E-state index in [-0.39, 0.29) is 17.0 Å². The Morgan fingerprint density at radius 1 is 1.19 bits per heavy atom. The smallest absolute Gasteiger partial charge is 0.377 e. The van der Waals surface area contributed by atoms with Crippen LogP contribution in [0.5, 0.6) is 0 Å². The Morgan fingerprint density at radius 2 is 1.89 bits per heavy atom. The summed E-state index contributed by atoms with van der Waals surface area (Å²) in [5.41, 5.74) is 2.35. The van der Waals surface area contributed by atoms with Crippen LogP contribution in [0.3, 0.4) is 0 Å². The van der Waals surface area contributed by atoms with Gasteiger partial charge in [-0.1, -0.05) is 11.6 Å². The number of rotatable bonds is 3. The average Bonchev–Trinajstić information content (AvgIpc) is 2.93. The van der Waals surface area contributed by atoms with Crippen LogP contribution in [0.2, 0.25) is 5.15 Å². The minimum Gasteiger partial charge on any atom is -0.377 e. The molecule has 4 rings (SSSR count). The molecule has 2 aliphatic heterocycles. The lowest BCUT2D eigenvalue weighted by Gasteiger charge is -2.35. The first kappa shape index (κ1) is 18.5. The van der Waals surface area contributed by atoms with Crippen LogP contribution in [-0.4, -0.2) is 46.1 Å². The van der Waals surface area contributed by atoms with Crippen LogP contribution in [0, 0.1) is 6.92 Å². The minimum atomic E-state index is -4.62. The Kier molecular flexibility index (Phi) is 4.75. The number of ether oxygens (including phenoxy) is 1. The second kappa shape index (κ2) is 6.94. The molecule has 0 radical (unpaired) electrons. The minimum absolute atomic E-state index is 0.201. The molecule has 2 fully saturated rings. The van der Waals surface area contributed by atoms with E-state index in [4.69, 9.17) is 16.3 Å². The maximum Gasteiger partial charge on any atom is 0.451 e. The highest BCUT2D eigenvalue weighted by Crippen LogP contribution is 2.35. The zero-order valence-corrected chi connectivity index (χ0v) is 15.5. The van der Waals surface area contributed by atoms with E-state index in [2.05, 4.69) is 19.7 Å². The van der Waals surface area contributed by atoms with Gasteiger partial charge in [-0.25, -0.2) is 9.97 Å². The van der Waals surface area contributed by atoms with Gasteiger partial charge in [-0.05, 0) is 25.3 Å². The lowest BCUT2D eigenvalue weighted by atomic mass is 9.91. The van der Waals surface area contributed by atoms with Crippen molar-refractivity contribution in [2.24, 2.45) is 0 Å². The molecule has 10 heteroatoms. The third-order valence-corrected chi connectivity index (χ3v) is 5.33. The molecule has 146 valence electrons. The predicted molar refractivity (Wildman–Crippen MR) is 93.1 cm³/mol. The Labute approximate surface area is 159 Å². The number of aromatic nitrogens is 4. The highest BCUT2D eigenvalue weighted by atomic mass is 35.5. The van der Waals surface area contributed by atoms with E-state index >= 15 is 0 Å². The Hall–Kier alpha value is -1.87. The lowest BCUT2D eigenvalue weighted by molar-refractivity contribution is -0.144. The van der Waals surface area contributed by atoms with Gasteiger partial charge in [0.25, 0.3) is 0 Å². The van der Waals surface area contributed by atoms with E-state index in [1.165, 1.54) is 11.8 Å². The topological polar surface area (TPSA) is 56.1 Å². The second-order valence-corrected chi connectivity index (χ2v) is 7.37. The summed E-state index contributed by atoms with van der Waals surface area (Å²) in [6.45, 7) is 4.59. The number of piperidine rings is 1. The number of halogens is 4. The van der Waals surface area contributed by atoms with E-state index in [9.17, 15) is 13.2 Å². The molecule has 4 heterocycles. The van der Waals surface area contributed by atoms with Crippen molar-refractivity contribution in [3.8, 4) is 0 Å². The zero-order chi connectivity index (χ0) is 19.2. The number of hydrogen-bond acceptors (Lipinski definition) is 5. The molecule has 0 bridgehead atoms. The van der Waals surface area contributed by atoms with Crippen molar-refractivity contribution < 1.29 is 17.9 Å². The first-order valence-corrected chi connectivity index (χ1v) is 9.19. The van der Waals surface area contributed by atoms with Gasteiger partial charge in [-0.15, -0.1) is 0 Å². The third kappa shape index (κ3) is 3.62. The summed E-state index contributed by atoms with van der Waals surface area (Å²) < 4.78 is 46.2. The molecule has 0 unspecified atom stereocenters. The highest BCUT2D eigenvalue weighted by molar-refractivity contribution is 6.29. The maximum absolute atomic E-state index is 12.9. The largest absolute Gasteiger partial charge is 0.451 e. The molecule has 6 nitrogen and oxygen atoms in total. The molecule has 2 aliphatic rings. The summed E-state index contributed by atoms with van der Waals surface area (Å²) in [4.78, 5) is 8.80. The molecule has 0 atom stereocenters. The Balaban J connectivity index is 1.50. The number of alkyl halides is 3. The van der Waals surface area contributed by atoms with Crippen molar-refractivity contribution in [3.05, 3.63) is 34.5 Å². The number of nitrogens with zero attached hydrogens (tertiary/aromatic N) is 5. The van der Waals surface area contributed by atoms with Gasteiger partial charge in [0, 0.05) is 30.8 Å². The van der Waals surface area contributed by atoms with Crippen molar-refractivity contribution in [1.29, 1.82) is 0 Å². The number of hydrogen-bond donors (Lipinski definition) is 0. The van der Waals surface area contributed by atoms with E-state index < -0.39 is 12.0 Å². The van der Waals surface area contributed by atoms with Gasteiger partial charge >= 0.3 is 6.18 Å². The first-order valence-electron chi connectivity index (χ1n) is 8.81. The van der Waals surface area contributed by atoms with E-state index in [1.54, 1.807) is 0 Å². The standard InChI is InChI=1S/C17H19ClF3N5O/c1-10-7-22-26(12-8-27-9-12)15(10)11-2-4-25(5-3-11)14-6-13(18)23-16(24-14)17(19,20)21/h6-7,11-12H,2-5,8-9H2,1H3. The second-order valence-electron chi connectivity index (χ2n) is 6.98. The average molecular weight is 402 g/mol. The van der Waals surface area contributed by atoms with Crippen LogP contribution in [-0.2, 0) is 10.9 Å². The molecule has 0 saturated carbocycles. The van der Waals surface area contributed by atoms with Crippen LogP contribution in [0.4, 0.5) is 19.0 Å². The van der Waals surface area contributed by atoms with Crippen molar-refractivity contribution in [2.75, 3.05) is 31.2 Å². The zero-order valence-electron chi connectivity index (χ0n) is 14.7. The fourth-order valence-corrected chi connectivity index (χ4v) is 3.88. The molecule has 0 spiro atoms. The SMILES string of the molecule is Cc1cnn(C2COC2)c1C1CCN(c2cc(Cl)nc(C(F)(F)F)n2)CC1. The molecule has 0 aromatic carbocycles. The molecular formula is C17H19ClF3N5O. The molecule has 2 aromatic heterocycles. The van der Waals surface area contributed by atoms with E-state index in [1.807, 2.05) is 18.0 Å². The Morgan fingerprint density at radius 3 is 2.48 bits per heavy atom. The van der Waals surface area contributed by atoms with Gasteiger partial charge in [0.15, 0.2) is 0 Å². The molecular weight excluding hydrogens is 383 g/mol. The summed E-state index contributed by atoms with van der Waals surface area (Å²) >= 11 is 5.78. The van der Waals surface area contributed by atoms with Gasteiger partial charge in [-0.3, -0.25) is 4.68 Å². The maximum atomic E-state index is 12.9. The highest BCUT2D eigenvalue weighted by Gasteiger charge is 2.36. The molecule has 27 heavy (non-hydrogen) atoms. The van der Waals surface area contributed by atoms with Crippen LogP contribution < -0.4 is 4.90 Å². The molecule has 0 amide bonds. The summed E-state index contributed by atoms with van der Waals surface area (Å²) in [7, 11) is 0. The lowest BCUT2D eigenvalue weighted by Crippen LogP contribution is -2.37. The normalized spacial score (nSPS) is 19.4. The predicted octanol–water partition coefficient (Wildman–Crippen LogP) is 3.61. The summed E-state index contributed by atoms with van der Waals surface area (Å²) in [6.07, 6.45) is -1.13. The molecule has 0 N–H and O–H groups in total. The van der Waals surface area contributed by atoms with Crippen molar-refractivity contribution in [3.63, 3.8) is 0 Å². The quantitative estimate of drug-likeness (QED) is 0.735. The number of aryl methyl sites for hydroxylation is 1. The summed E-state index contributed by atoms with van der Waals surface area (Å²) in [5, 5.41) is 4.30. The van der Waals surface area contributed by atoms with Gasteiger partial charge in [0.1, 0.15) is 11.0 Å². The van der Waals surface area contributed by atoms with Crippen LogP contribution in [0.25, 0.3) is 0 Å². The van der Waals surface area contributed by atoms with Crippen LogP contribution in [0.1, 0.15) is 41.9 Å². The van der Waals surface area contributed by atoms with Crippen molar-refractivity contribution >= 4 is 17.4 Å². The van der Waals surface area contributed by atoms with E-state index in [0.717, 1.165) is 18.4 Å².